The van der Waals surface area contributed by atoms with E-state index in [0.717, 1.165) is 53.8 Å². The van der Waals surface area contributed by atoms with Gasteiger partial charge in [-0.3, -0.25) is 4.68 Å². The van der Waals surface area contributed by atoms with Crippen LogP contribution in [-0.4, -0.2) is 28.9 Å². The summed E-state index contributed by atoms with van der Waals surface area (Å²) >= 11 is 0. The predicted octanol–water partition coefficient (Wildman–Crippen LogP) is 4.34. The van der Waals surface area contributed by atoms with Gasteiger partial charge in [-0.15, -0.1) is 0 Å². The summed E-state index contributed by atoms with van der Waals surface area (Å²) in [5, 5.41) is 13.0. The van der Waals surface area contributed by atoms with E-state index in [2.05, 4.69) is 33.5 Å². The number of anilines is 1. The largest absolute Gasteiger partial charge is 0.382 e. The zero-order valence-electron chi connectivity index (χ0n) is 14.7. The number of aromatic nitrogens is 2. The van der Waals surface area contributed by atoms with Crippen molar-refractivity contribution in [3.8, 4) is 11.3 Å². The number of nitrogens with zero attached hydrogens (tertiary/aromatic N) is 2. The van der Waals surface area contributed by atoms with Crippen molar-refractivity contribution in [3.05, 3.63) is 48.3 Å². The van der Waals surface area contributed by atoms with Crippen LogP contribution in [-0.2, 0) is 0 Å². The summed E-state index contributed by atoms with van der Waals surface area (Å²) in [6, 6.07) is 14.2. The molecule has 0 amide bonds. The number of hydrogen-bond acceptors (Lipinski definition) is 3. The quantitative estimate of drug-likeness (QED) is 0.735. The zero-order valence-corrected chi connectivity index (χ0v) is 14.7. The van der Waals surface area contributed by atoms with Gasteiger partial charge >= 0.3 is 0 Å². The highest BCUT2D eigenvalue weighted by atomic mass is 19.1. The molecular formula is C21H23FN4. The SMILES string of the molecule is Fc1cccc(-c2nn(C3CC3)c3cc(NC4CCNCC4)ccc23)c1. The number of piperidine rings is 1. The maximum absolute atomic E-state index is 13.7. The van der Waals surface area contributed by atoms with Crippen molar-refractivity contribution in [2.45, 2.75) is 37.8 Å². The lowest BCUT2D eigenvalue weighted by atomic mass is 10.0. The van der Waals surface area contributed by atoms with Crippen LogP contribution in [0.4, 0.5) is 10.1 Å². The van der Waals surface area contributed by atoms with Crippen molar-refractivity contribution in [1.82, 2.24) is 15.1 Å². The molecule has 1 aromatic heterocycles. The van der Waals surface area contributed by atoms with Crippen molar-refractivity contribution in [3.63, 3.8) is 0 Å². The number of nitrogens with one attached hydrogen (secondary N) is 2. The molecule has 0 atom stereocenters. The molecule has 0 spiro atoms. The highest BCUT2D eigenvalue weighted by Crippen LogP contribution is 2.40. The molecule has 1 saturated carbocycles. The normalized spacial score (nSPS) is 18.3. The molecule has 0 bridgehead atoms. The van der Waals surface area contributed by atoms with Gasteiger partial charge in [-0.2, -0.15) is 5.10 Å². The highest BCUT2D eigenvalue weighted by Gasteiger charge is 2.28. The molecule has 2 N–H and O–H groups in total. The van der Waals surface area contributed by atoms with Crippen molar-refractivity contribution in [1.29, 1.82) is 0 Å². The number of rotatable bonds is 4. The smallest absolute Gasteiger partial charge is 0.123 e. The molecule has 0 unspecified atom stereocenters. The Morgan fingerprint density at radius 2 is 1.88 bits per heavy atom. The molecule has 3 aromatic rings. The molecule has 2 aliphatic rings. The fourth-order valence-corrected chi connectivity index (χ4v) is 3.88. The first-order chi connectivity index (χ1) is 12.8. The Kier molecular flexibility index (Phi) is 3.89. The maximum atomic E-state index is 13.7. The number of fused-ring (bicyclic) bond motifs is 1. The van der Waals surface area contributed by atoms with E-state index in [9.17, 15) is 4.39 Å². The minimum absolute atomic E-state index is 0.221. The first-order valence-electron chi connectivity index (χ1n) is 9.53. The second-order valence-corrected chi connectivity index (χ2v) is 7.44. The number of benzene rings is 2. The summed E-state index contributed by atoms with van der Waals surface area (Å²) in [7, 11) is 0. The number of halogens is 1. The summed E-state index contributed by atoms with van der Waals surface area (Å²) in [5.74, 6) is -0.221. The first kappa shape index (κ1) is 15.8. The fraction of sp³-hybridized carbons (Fsp3) is 0.381. The Hall–Kier alpha value is -2.40. The molecule has 5 rings (SSSR count). The molecule has 5 heteroatoms. The first-order valence-corrected chi connectivity index (χ1v) is 9.53. The van der Waals surface area contributed by atoms with Gasteiger partial charge in [-0.1, -0.05) is 12.1 Å². The Balaban J connectivity index is 1.55. The van der Waals surface area contributed by atoms with Crippen LogP contribution in [0.3, 0.4) is 0 Å². The third-order valence-corrected chi connectivity index (χ3v) is 5.41. The topological polar surface area (TPSA) is 41.9 Å². The molecule has 26 heavy (non-hydrogen) atoms. The molecule has 0 radical (unpaired) electrons. The minimum Gasteiger partial charge on any atom is -0.382 e. The van der Waals surface area contributed by atoms with Gasteiger partial charge < -0.3 is 10.6 Å². The number of hydrogen-bond donors (Lipinski definition) is 2. The maximum Gasteiger partial charge on any atom is 0.123 e. The van der Waals surface area contributed by atoms with E-state index in [-0.39, 0.29) is 5.82 Å². The summed E-state index contributed by atoms with van der Waals surface area (Å²) in [6.45, 7) is 2.15. The van der Waals surface area contributed by atoms with Gasteiger partial charge in [-0.05, 0) is 69.1 Å². The van der Waals surface area contributed by atoms with Crippen LogP contribution in [0.1, 0.15) is 31.7 Å². The third kappa shape index (κ3) is 2.97. The fourth-order valence-electron chi connectivity index (χ4n) is 3.88. The summed E-state index contributed by atoms with van der Waals surface area (Å²) in [4.78, 5) is 0. The molecule has 1 aliphatic carbocycles. The molecule has 2 fully saturated rings. The average Bonchev–Trinajstić information content (AvgIpc) is 3.43. The lowest BCUT2D eigenvalue weighted by Gasteiger charge is -2.24. The third-order valence-electron chi connectivity index (χ3n) is 5.41. The molecular weight excluding hydrogens is 327 g/mol. The van der Waals surface area contributed by atoms with Crippen LogP contribution in [0, 0.1) is 5.82 Å². The van der Waals surface area contributed by atoms with Crippen LogP contribution in [0.2, 0.25) is 0 Å². The van der Waals surface area contributed by atoms with Gasteiger partial charge in [0.05, 0.1) is 11.6 Å². The van der Waals surface area contributed by atoms with Gasteiger partial charge in [-0.25, -0.2) is 4.39 Å². The van der Waals surface area contributed by atoms with E-state index in [1.165, 1.54) is 18.9 Å². The minimum atomic E-state index is -0.221. The summed E-state index contributed by atoms with van der Waals surface area (Å²) in [6.07, 6.45) is 4.64. The molecule has 2 heterocycles. The summed E-state index contributed by atoms with van der Waals surface area (Å²) in [5.41, 5.74) is 4.01. The Bertz CT molecular complexity index is 938. The van der Waals surface area contributed by atoms with Gasteiger partial charge in [0.2, 0.25) is 0 Å². The van der Waals surface area contributed by atoms with E-state index in [1.54, 1.807) is 12.1 Å². The van der Waals surface area contributed by atoms with Crippen molar-refractivity contribution < 1.29 is 4.39 Å². The van der Waals surface area contributed by atoms with Crippen LogP contribution in [0.15, 0.2) is 42.5 Å². The van der Waals surface area contributed by atoms with E-state index in [1.807, 2.05) is 6.07 Å². The van der Waals surface area contributed by atoms with Gasteiger partial charge in [0.15, 0.2) is 0 Å². The van der Waals surface area contributed by atoms with Gasteiger partial charge in [0.25, 0.3) is 0 Å². The van der Waals surface area contributed by atoms with Crippen molar-refractivity contribution >= 4 is 16.6 Å². The monoisotopic (exact) mass is 350 g/mol. The predicted molar refractivity (Wildman–Crippen MR) is 103 cm³/mol. The van der Waals surface area contributed by atoms with E-state index < -0.39 is 0 Å². The summed E-state index contributed by atoms with van der Waals surface area (Å²) < 4.78 is 15.8. The average molecular weight is 350 g/mol. The van der Waals surface area contributed by atoms with E-state index in [0.29, 0.717) is 12.1 Å². The molecule has 134 valence electrons. The lowest BCUT2D eigenvalue weighted by Crippen LogP contribution is -2.35. The zero-order chi connectivity index (χ0) is 17.5. The Morgan fingerprint density at radius 1 is 1.04 bits per heavy atom. The molecule has 4 nitrogen and oxygen atoms in total. The van der Waals surface area contributed by atoms with Crippen LogP contribution >= 0.6 is 0 Å². The van der Waals surface area contributed by atoms with Crippen molar-refractivity contribution in [2.24, 2.45) is 0 Å². The second-order valence-electron chi connectivity index (χ2n) is 7.44. The highest BCUT2D eigenvalue weighted by molar-refractivity contribution is 5.95. The molecule has 1 saturated heterocycles. The van der Waals surface area contributed by atoms with Crippen LogP contribution in [0.25, 0.3) is 22.2 Å². The standard InChI is InChI=1S/C21H23FN4/c22-15-3-1-2-14(12-15)21-19-7-4-17(24-16-8-10-23-11-9-16)13-20(19)26(25-21)18-5-6-18/h1-4,7,12-13,16,18,23-24H,5-6,8-11H2. The van der Waals surface area contributed by atoms with Crippen molar-refractivity contribution in [2.75, 3.05) is 18.4 Å². The van der Waals surface area contributed by atoms with Crippen LogP contribution in [0.5, 0.6) is 0 Å². The molecule has 2 aromatic carbocycles. The van der Waals surface area contributed by atoms with E-state index in [4.69, 9.17) is 5.10 Å². The van der Waals surface area contributed by atoms with E-state index >= 15 is 0 Å². The van der Waals surface area contributed by atoms with Gasteiger partial charge in [0.1, 0.15) is 11.5 Å². The van der Waals surface area contributed by atoms with Crippen LogP contribution < -0.4 is 10.6 Å². The second kappa shape index (κ2) is 6.40. The molecule has 1 aliphatic heterocycles. The Morgan fingerprint density at radius 3 is 2.65 bits per heavy atom. The Labute approximate surface area is 152 Å². The lowest BCUT2D eigenvalue weighted by molar-refractivity contribution is 0.479. The van der Waals surface area contributed by atoms with Gasteiger partial charge in [0, 0.05) is 22.7 Å².